The molecule has 2 heteroatoms. The van der Waals surface area contributed by atoms with E-state index in [2.05, 4.69) is 52.0 Å². The zero-order chi connectivity index (χ0) is 15.2. The van der Waals surface area contributed by atoms with E-state index < -0.39 is 0 Å². The molecular weight excluding hydrogens is 244 g/mol. The lowest BCUT2D eigenvalue weighted by molar-refractivity contribution is 0.0612. The van der Waals surface area contributed by atoms with Crippen LogP contribution in [0.2, 0.25) is 0 Å². The van der Waals surface area contributed by atoms with Crippen LogP contribution in [0.5, 0.6) is 0 Å². The van der Waals surface area contributed by atoms with Crippen LogP contribution in [-0.2, 0) is 0 Å². The molecular formula is C18H38N2. The maximum Gasteiger partial charge on any atom is 0.0328 e. The molecule has 0 aliphatic heterocycles. The average Bonchev–Trinajstić information content (AvgIpc) is 2.47. The maximum absolute atomic E-state index is 3.90. The van der Waals surface area contributed by atoms with Gasteiger partial charge in [-0.1, -0.05) is 40.0 Å². The van der Waals surface area contributed by atoms with Crippen molar-refractivity contribution in [1.29, 1.82) is 0 Å². The van der Waals surface area contributed by atoms with Gasteiger partial charge in [-0.15, -0.1) is 0 Å². The molecule has 0 amide bonds. The predicted molar refractivity (Wildman–Crippen MR) is 90.2 cm³/mol. The van der Waals surface area contributed by atoms with Gasteiger partial charge >= 0.3 is 0 Å². The molecule has 0 spiro atoms. The third-order valence-corrected chi connectivity index (χ3v) is 5.96. The fourth-order valence-corrected chi connectivity index (χ4v) is 3.94. The Bertz CT molecular complexity index is 256. The Morgan fingerprint density at radius 2 is 1.70 bits per heavy atom. The topological polar surface area (TPSA) is 15.3 Å². The molecule has 2 unspecified atom stereocenters. The fourth-order valence-electron chi connectivity index (χ4n) is 3.94. The van der Waals surface area contributed by atoms with E-state index in [4.69, 9.17) is 0 Å². The second-order valence-electron chi connectivity index (χ2n) is 7.23. The van der Waals surface area contributed by atoms with Gasteiger partial charge in [-0.3, -0.25) is 0 Å². The normalized spacial score (nSPS) is 28.4. The van der Waals surface area contributed by atoms with Gasteiger partial charge in [0.25, 0.3) is 0 Å². The smallest absolute Gasteiger partial charge is 0.0328 e. The highest BCUT2D eigenvalue weighted by Crippen LogP contribution is 2.37. The first-order valence-electron chi connectivity index (χ1n) is 8.90. The van der Waals surface area contributed by atoms with E-state index >= 15 is 0 Å². The highest BCUT2D eigenvalue weighted by Gasteiger charge is 2.40. The van der Waals surface area contributed by atoms with Crippen LogP contribution < -0.4 is 5.32 Å². The third-order valence-electron chi connectivity index (χ3n) is 5.96. The van der Waals surface area contributed by atoms with Gasteiger partial charge in [0.15, 0.2) is 0 Å². The van der Waals surface area contributed by atoms with Crippen LogP contribution >= 0.6 is 0 Å². The van der Waals surface area contributed by atoms with E-state index in [1.807, 2.05) is 0 Å². The van der Waals surface area contributed by atoms with Crippen molar-refractivity contribution in [1.82, 2.24) is 10.2 Å². The number of nitrogens with one attached hydrogen (secondary N) is 1. The van der Waals surface area contributed by atoms with Gasteiger partial charge in [-0.2, -0.15) is 0 Å². The van der Waals surface area contributed by atoms with Crippen LogP contribution in [0.15, 0.2) is 0 Å². The van der Waals surface area contributed by atoms with Crippen LogP contribution in [0.3, 0.4) is 0 Å². The van der Waals surface area contributed by atoms with Gasteiger partial charge in [-0.25, -0.2) is 0 Å². The molecule has 20 heavy (non-hydrogen) atoms. The lowest BCUT2D eigenvalue weighted by Crippen LogP contribution is -2.60. The van der Waals surface area contributed by atoms with E-state index in [1.165, 1.54) is 44.9 Å². The van der Waals surface area contributed by atoms with Crippen molar-refractivity contribution in [3.8, 4) is 0 Å². The summed E-state index contributed by atoms with van der Waals surface area (Å²) in [4.78, 5) is 2.45. The summed E-state index contributed by atoms with van der Waals surface area (Å²) in [6.07, 6.45) is 9.55. The molecule has 0 bridgehead atoms. The minimum atomic E-state index is 0.277. The van der Waals surface area contributed by atoms with Gasteiger partial charge in [0, 0.05) is 11.6 Å². The second-order valence-corrected chi connectivity index (χ2v) is 7.23. The minimum Gasteiger partial charge on any atom is -0.312 e. The van der Waals surface area contributed by atoms with E-state index in [-0.39, 0.29) is 5.54 Å². The molecule has 1 aliphatic rings. The summed E-state index contributed by atoms with van der Waals surface area (Å²) < 4.78 is 0. The average molecular weight is 283 g/mol. The van der Waals surface area contributed by atoms with E-state index in [0.717, 1.165) is 18.4 Å². The summed E-state index contributed by atoms with van der Waals surface area (Å²) in [7, 11) is 4.50. The highest BCUT2D eigenvalue weighted by atomic mass is 15.2. The second kappa shape index (κ2) is 8.38. The van der Waals surface area contributed by atoms with Gasteiger partial charge in [0.1, 0.15) is 0 Å². The lowest BCUT2D eigenvalue weighted by atomic mass is 9.71. The van der Waals surface area contributed by atoms with E-state index in [0.29, 0.717) is 6.04 Å². The van der Waals surface area contributed by atoms with E-state index in [1.54, 1.807) is 0 Å². The standard InChI is InChI=1S/C18H38N2/c1-7-14-19-17(18(4,9-3)20(5)6)16-12-10-15(8-2)11-13-16/h15-17,19H,7-14H2,1-6H3. The van der Waals surface area contributed by atoms with Crippen LogP contribution in [0.1, 0.15) is 72.6 Å². The molecule has 0 saturated heterocycles. The molecule has 120 valence electrons. The fraction of sp³-hybridized carbons (Fsp3) is 1.00. The number of likely N-dealkylation sites (N-methyl/N-ethyl adjacent to an activating group) is 1. The summed E-state index contributed by atoms with van der Waals surface area (Å²) in [5.74, 6) is 1.85. The van der Waals surface area contributed by atoms with Crippen molar-refractivity contribution >= 4 is 0 Å². The summed E-state index contributed by atoms with van der Waals surface area (Å²) in [5.41, 5.74) is 0.277. The van der Waals surface area contributed by atoms with Crippen molar-refractivity contribution < 1.29 is 0 Å². The molecule has 0 aromatic carbocycles. The SMILES string of the molecule is CCCNC(C1CCC(CC)CC1)C(C)(CC)N(C)C. The van der Waals surface area contributed by atoms with Crippen molar-refractivity contribution in [2.45, 2.75) is 84.2 Å². The quantitative estimate of drug-likeness (QED) is 0.714. The van der Waals surface area contributed by atoms with Crippen LogP contribution in [0.4, 0.5) is 0 Å². The Labute approximate surface area is 127 Å². The first kappa shape index (κ1) is 18.0. The third kappa shape index (κ3) is 4.21. The van der Waals surface area contributed by atoms with Gasteiger partial charge < -0.3 is 10.2 Å². The largest absolute Gasteiger partial charge is 0.312 e. The lowest BCUT2D eigenvalue weighted by Gasteiger charge is -2.48. The van der Waals surface area contributed by atoms with Gasteiger partial charge in [0.05, 0.1) is 0 Å². The molecule has 2 atom stereocenters. The summed E-state index contributed by atoms with van der Waals surface area (Å²) in [6.45, 7) is 10.6. The number of rotatable bonds is 8. The highest BCUT2D eigenvalue weighted by molar-refractivity contribution is 4.99. The summed E-state index contributed by atoms with van der Waals surface area (Å²) in [5, 5.41) is 3.90. The first-order valence-corrected chi connectivity index (χ1v) is 8.90. The van der Waals surface area contributed by atoms with Gasteiger partial charge in [0.2, 0.25) is 0 Å². The monoisotopic (exact) mass is 282 g/mol. The molecule has 1 aliphatic carbocycles. The Morgan fingerprint density at radius 3 is 2.10 bits per heavy atom. The van der Waals surface area contributed by atoms with Crippen molar-refractivity contribution in [2.24, 2.45) is 11.8 Å². The van der Waals surface area contributed by atoms with Crippen molar-refractivity contribution in [3.05, 3.63) is 0 Å². The zero-order valence-electron chi connectivity index (χ0n) is 14.8. The molecule has 0 radical (unpaired) electrons. The van der Waals surface area contributed by atoms with Crippen LogP contribution in [0.25, 0.3) is 0 Å². The molecule has 0 aromatic heterocycles. The summed E-state index contributed by atoms with van der Waals surface area (Å²) >= 11 is 0. The molecule has 2 nitrogen and oxygen atoms in total. The Morgan fingerprint density at radius 1 is 1.10 bits per heavy atom. The van der Waals surface area contributed by atoms with Crippen LogP contribution in [0, 0.1) is 11.8 Å². The summed E-state index contributed by atoms with van der Waals surface area (Å²) in [6, 6.07) is 0.639. The zero-order valence-corrected chi connectivity index (χ0v) is 14.8. The van der Waals surface area contributed by atoms with Crippen molar-refractivity contribution in [3.63, 3.8) is 0 Å². The molecule has 1 rings (SSSR count). The predicted octanol–water partition coefficient (Wildman–Crippen LogP) is 4.30. The molecule has 1 saturated carbocycles. The molecule has 1 fully saturated rings. The number of hydrogen-bond donors (Lipinski definition) is 1. The molecule has 0 aromatic rings. The molecule has 1 N–H and O–H groups in total. The molecule has 0 heterocycles. The van der Waals surface area contributed by atoms with Gasteiger partial charge in [-0.05, 0) is 65.1 Å². The van der Waals surface area contributed by atoms with E-state index in [9.17, 15) is 0 Å². The van der Waals surface area contributed by atoms with Crippen LogP contribution in [-0.4, -0.2) is 37.1 Å². The number of hydrogen-bond acceptors (Lipinski definition) is 2. The Balaban J connectivity index is 2.78. The number of nitrogens with zero attached hydrogens (tertiary/aromatic N) is 1. The minimum absolute atomic E-state index is 0.277. The Kier molecular flexibility index (Phi) is 7.53. The van der Waals surface area contributed by atoms with Crippen molar-refractivity contribution in [2.75, 3.05) is 20.6 Å². The maximum atomic E-state index is 3.90. The first-order chi connectivity index (χ1) is 9.49. The Hall–Kier alpha value is -0.0800.